The van der Waals surface area contributed by atoms with Crippen LogP contribution in [-0.4, -0.2) is 29.1 Å². The van der Waals surface area contributed by atoms with Crippen molar-refractivity contribution in [3.63, 3.8) is 0 Å². The molecule has 6 aromatic heterocycles. The summed E-state index contributed by atoms with van der Waals surface area (Å²) in [6.45, 7) is 9.18. The van der Waals surface area contributed by atoms with Crippen LogP contribution in [0, 0.1) is 0 Å². The lowest BCUT2D eigenvalue weighted by molar-refractivity contribution is 0.657. The lowest BCUT2D eigenvalue weighted by atomic mass is 9.81. The Morgan fingerprint density at radius 1 is 0.298 bits per heavy atom. The van der Waals surface area contributed by atoms with Crippen molar-refractivity contribution in [2.75, 3.05) is 0 Å². The van der Waals surface area contributed by atoms with Crippen molar-refractivity contribution < 1.29 is 4.42 Å². The third kappa shape index (κ3) is 7.96. The molecule has 0 radical (unpaired) electrons. The van der Waals surface area contributed by atoms with Gasteiger partial charge in [0.15, 0.2) is 11.6 Å². The van der Waals surface area contributed by atoms with Gasteiger partial charge in [-0.1, -0.05) is 234 Å². The third-order valence-electron chi connectivity index (χ3n) is 20.0. The van der Waals surface area contributed by atoms with E-state index >= 15 is 0 Å². The van der Waals surface area contributed by atoms with Gasteiger partial charge in [0.2, 0.25) is 0 Å². The van der Waals surface area contributed by atoms with E-state index in [1.165, 1.54) is 86.1 Å². The van der Waals surface area contributed by atoms with E-state index in [0.29, 0.717) is 5.82 Å². The van der Waals surface area contributed by atoms with Gasteiger partial charge in [0.1, 0.15) is 11.2 Å². The molecule has 12 aromatic carbocycles. The molecule has 94 heavy (non-hydrogen) atoms. The van der Waals surface area contributed by atoms with Gasteiger partial charge in [-0.05, 0) is 77.9 Å². The minimum atomic E-state index is -0.236. The molecule has 2 aliphatic rings. The van der Waals surface area contributed by atoms with Crippen LogP contribution in [0.1, 0.15) is 49.9 Å². The lowest BCUT2D eigenvalue weighted by Crippen LogP contribution is -2.17. The molecule has 8 heteroatoms. The second kappa shape index (κ2) is 20.5. The molecule has 0 N–H and O–H groups in total. The third-order valence-corrected chi connectivity index (χ3v) is 21.1. The molecule has 0 fully saturated rings. The van der Waals surface area contributed by atoms with Crippen LogP contribution in [0.4, 0.5) is 0 Å². The Hall–Kier alpha value is -11.6. The molecule has 7 nitrogen and oxygen atoms in total. The van der Waals surface area contributed by atoms with E-state index in [0.717, 1.165) is 95.2 Å². The quantitative estimate of drug-likeness (QED) is 0.166. The number of fused-ring (bicyclic) bond motifs is 18. The number of rotatable bonds is 6. The van der Waals surface area contributed by atoms with Crippen molar-refractivity contribution in [3.8, 4) is 79.2 Å². The predicted octanol–water partition coefficient (Wildman–Crippen LogP) is 22.7. The molecule has 20 rings (SSSR count). The first-order valence-corrected chi connectivity index (χ1v) is 33.0. The smallest absolute Gasteiger partial charge is 0.162 e. The summed E-state index contributed by atoms with van der Waals surface area (Å²) >= 11 is 1.86. The van der Waals surface area contributed by atoms with E-state index in [4.69, 9.17) is 24.4 Å². The molecule has 0 unspecified atom stereocenters. The average molecular weight is 1220 g/mol. The van der Waals surface area contributed by atoms with Crippen molar-refractivity contribution in [1.29, 1.82) is 0 Å². The van der Waals surface area contributed by atoms with E-state index < -0.39 is 0 Å². The summed E-state index contributed by atoms with van der Waals surface area (Å²) in [6, 6.07) is 99.3. The monoisotopic (exact) mass is 1220 g/mol. The lowest BCUT2D eigenvalue weighted by Gasteiger charge is -2.24. The number of furan rings is 1. The van der Waals surface area contributed by atoms with Crippen LogP contribution in [0.25, 0.3) is 165 Å². The van der Waals surface area contributed by atoms with Crippen LogP contribution in [-0.2, 0) is 10.8 Å². The van der Waals surface area contributed by atoms with Gasteiger partial charge in [-0.2, -0.15) is 0 Å². The highest BCUT2D eigenvalue weighted by Crippen LogP contribution is 2.54. The molecule has 0 aliphatic heterocycles. The van der Waals surface area contributed by atoms with Crippen LogP contribution in [0.2, 0.25) is 0 Å². The number of benzene rings is 12. The zero-order valence-corrected chi connectivity index (χ0v) is 52.9. The Balaban J connectivity index is 0.000000133. The van der Waals surface area contributed by atoms with E-state index in [-0.39, 0.29) is 10.8 Å². The fourth-order valence-corrected chi connectivity index (χ4v) is 16.8. The second-order valence-corrected chi connectivity index (χ2v) is 27.1. The largest absolute Gasteiger partial charge is 0.456 e. The molecule has 18 aromatic rings. The van der Waals surface area contributed by atoms with Gasteiger partial charge in [0, 0.05) is 114 Å². The summed E-state index contributed by atoms with van der Waals surface area (Å²) < 4.78 is 13.8. The molecule has 0 amide bonds. The van der Waals surface area contributed by atoms with Gasteiger partial charge in [0.05, 0.1) is 56.2 Å². The van der Waals surface area contributed by atoms with Crippen molar-refractivity contribution in [2.24, 2.45) is 0 Å². The molecule has 0 atom stereocenters. The molecule has 0 saturated carbocycles. The molecule has 0 spiro atoms. The Morgan fingerprint density at radius 2 is 0.713 bits per heavy atom. The van der Waals surface area contributed by atoms with E-state index in [1.54, 1.807) is 0 Å². The molecule has 0 saturated heterocycles. The Labute approximate surface area is 546 Å². The number of nitrogens with zero attached hydrogens (tertiary/aromatic N) is 6. The minimum absolute atomic E-state index is 0.225. The van der Waals surface area contributed by atoms with E-state index in [9.17, 15) is 0 Å². The highest BCUT2D eigenvalue weighted by molar-refractivity contribution is 7.25. The zero-order chi connectivity index (χ0) is 62.6. The highest BCUT2D eigenvalue weighted by atomic mass is 32.1. The fourth-order valence-electron chi connectivity index (χ4n) is 15.7. The maximum Gasteiger partial charge on any atom is 0.162 e. The fraction of sp³-hybridized carbons (Fsp3) is 0.0698. The molecular formula is C86H58N6OS. The first-order valence-electron chi connectivity index (χ1n) is 32.2. The first-order chi connectivity index (χ1) is 46.2. The van der Waals surface area contributed by atoms with Gasteiger partial charge >= 0.3 is 0 Å². The normalized spacial score (nSPS) is 13.5. The Morgan fingerprint density at radius 3 is 1.27 bits per heavy atom. The van der Waals surface area contributed by atoms with Gasteiger partial charge in [-0.25, -0.2) is 19.9 Å². The Kier molecular flexibility index (Phi) is 11.8. The van der Waals surface area contributed by atoms with Crippen molar-refractivity contribution >= 4 is 97.1 Å². The minimum Gasteiger partial charge on any atom is -0.456 e. The summed E-state index contributed by atoms with van der Waals surface area (Å²) in [4.78, 5) is 21.7. The summed E-state index contributed by atoms with van der Waals surface area (Å²) in [6.07, 6.45) is 0. The van der Waals surface area contributed by atoms with Crippen molar-refractivity contribution in [1.82, 2.24) is 29.1 Å². The van der Waals surface area contributed by atoms with E-state index in [1.807, 2.05) is 23.5 Å². The SMILES string of the molecule is CC1(C)c2ccccc2-c2nc(-c3ccccc3-n3c4ccccc4c4cc5c(cc43)oc3ccccc35)nc(-c3ccccc3)c21.CC1(C)c2ccccc2-c2nc(-c3ccccc3-n3c4ccccc4c4cc5c(cc43)sc3ccccc35)nc(-c3ccccc3)c21. The van der Waals surface area contributed by atoms with Crippen LogP contribution >= 0.6 is 11.3 Å². The summed E-state index contributed by atoms with van der Waals surface area (Å²) in [5, 5.41) is 9.75. The number of para-hydroxylation sites is 5. The van der Waals surface area contributed by atoms with E-state index in [2.05, 4.69) is 304 Å². The number of hydrogen-bond donors (Lipinski definition) is 0. The predicted molar refractivity (Wildman–Crippen MR) is 390 cm³/mol. The molecule has 6 heterocycles. The van der Waals surface area contributed by atoms with Gasteiger partial charge < -0.3 is 13.6 Å². The first kappa shape index (κ1) is 54.2. The van der Waals surface area contributed by atoms with Crippen molar-refractivity contribution in [2.45, 2.75) is 38.5 Å². The molecule has 2 aliphatic carbocycles. The van der Waals surface area contributed by atoms with Gasteiger partial charge in [-0.15, -0.1) is 11.3 Å². The van der Waals surface area contributed by atoms with Crippen LogP contribution in [0.3, 0.4) is 0 Å². The maximum atomic E-state index is 6.39. The number of hydrogen-bond acceptors (Lipinski definition) is 6. The van der Waals surface area contributed by atoms with Crippen LogP contribution < -0.4 is 0 Å². The summed E-state index contributed by atoms with van der Waals surface area (Å²) in [5.74, 6) is 1.45. The van der Waals surface area contributed by atoms with Crippen LogP contribution in [0.5, 0.6) is 0 Å². The topological polar surface area (TPSA) is 74.6 Å². The molecule has 444 valence electrons. The van der Waals surface area contributed by atoms with Gasteiger partial charge in [0.25, 0.3) is 0 Å². The summed E-state index contributed by atoms with van der Waals surface area (Å²) in [7, 11) is 0. The van der Waals surface area contributed by atoms with Gasteiger partial charge in [-0.3, -0.25) is 0 Å². The zero-order valence-electron chi connectivity index (χ0n) is 52.1. The molecular weight excluding hydrogens is 1170 g/mol. The number of aromatic nitrogens is 6. The van der Waals surface area contributed by atoms with Crippen molar-refractivity contribution in [3.05, 3.63) is 301 Å². The van der Waals surface area contributed by atoms with Crippen LogP contribution in [0.15, 0.2) is 283 Å². The second-order valence-electron chi connectivity index (χ2n) is 26.0. The highest BCUT2D eigenvalue weighted by Gasteiger charge is 2.42. The number of thiophene rings is 1. The maximum absolute atomic E-state index is 6.39. The summed E-state index contributed by atoms with van der Waals surface area (Å²) in [5.41, 5.74) is 23.5. The molecule has 0 bridgehead atoms. The Bertz CT molecular complexity index is 5810. The average Bonchev–Trinajstić information content (AvgIpc) is 1.57. The standard InChI is InChI=1S/C43H29N3O.C43H29N3S/c2*1-43(2)33-20-10-6-18-29(33)41-39(43)40(26-14-4-3-5-15-26)44-42(45-41)30-19-8-12-22-35(30)46-34-21-11-7-16-27(34)31-24-32-28-17-9-13-23-37(28)47-38(32)25-36(31)46/h2*3-25H,1-2H3.